The van der Waals surface area contributed by atoms with E-state index in [0.717, 1.165) is 12.8 Å². The molecular weight excluding hydrogens is 271 g/mol. The Morgan fingerprint density at radius 1 is 1.33 bits per heavy atom. The molecule has 0 bridgehead atoms. The Morgan fingerprint density at radius 2 is 1.89 bits per heavy atom. The zero-order valence-electron chi connectivity index (χ0n) is 10.7. The topological polar surface area (TPSA) is 55.1 Å². The maximum atomic E-state index is 11.9. The third-order valence-corrected chi connectivity index (χ3v) is 3.46. The molecule has 0 radical (unpaired) electrons. The predicted octanol–water partition coefficient (Wildman–Crippen LogP) is 3.01. The summed E-state index contributed by atoms with van der Waals surface area (Å²) in [7, 11) is 0. The van der Waals surface area contributed by atoms with Crippen LogP contribution in [0.4, 0.5) is 0 Å². The van der Waals surface area contributed by atoms with Crippen molar-refractivity contribution in [1.82, 2.24) is 5.32 Å². The van der Waals surface area contributed by atoms with Crippen molar-refractivity contribution in [3.05, 3.63) is 34.9 Å². The highest BCUT2D eigenvalue weighted by Gasteiger charge is 2.21. The van der Waals surface area contributed by atoms with Crippen LogP contribution in [-0.4, -0.2) is 18.0 Å². The van der Waals surface area contributed by atoms with Gasteiger partial charge in [-0.1, -0.05) is 37.6 Å². The average molecular weight is 291 g/mol. The minimum atomic E-state index is -0.336. The van der Waals surface area contributed by atoms with Gasteiger partial charge < -0.3 is 11.1 Å². The standard InChI is InChI=1S/C13H19ClN2O.ClH/c1-3-13(15,4-2)9-16-12(17)10-7-5-6-8-11(10)14;/h5-8H,3-4,9,15H2,1-2H3,(H,16,17);1H. The normalized spacial score (nSPS) is 10.7. The summed E-state index contributed by atoms with van der Waals surface area (Å²) >= 11 is 5.94. The molecule has 0 spiro atoms. The third kappa shape index (κ3) is 4.48. The predicted molar refractivity (Wildman–Crippen MR) is 78.5 cm³/mol. The summed E-state index contributed by atoms with van der Waals surface area (Å²) in [5.41, 5.74) is 6.27. The van der Waals surface area contributed by atoms with Crippen LogP contribution in [0.5, 0.6) is 0 Å². The van der Waals surface area contributed by atoms with Crippen LogP contribution < -0.4 is 11.1 Å². The number of amides is 1. The largest absolute Gasteiger partial charge is 0.350 e. The van der Waals surface area contributed by atoms with Gasteiger partial charge in [-0.05, 0) is 25.0 Å². The fraction of sp³-hybridized carbons (Fsp3) is 0.462. The molecule has 0 aromatic heterocycles. The average Bonchev–Trinajstić information content (AvgIpc) is 2.36. The second-order valence-corrected chi connectivity index (χ2v) is 4.64. The molecule has 3 nitrogen and oxygen atoms in total. The van der Waals surface area contributed by atoms with Gasteiger partial charge in [-0.3, -0.25) is 4.79 Å². The number of carbonyl (C=O) groups is 1. The quantitative estimate of drug-likeness (QED) is 0.876. The van der Waals surface area contributed by atoms with E-state index < -0.39 is 0 Å². The first kappa shape index (κ1) is 17.2. The number of nitrogens with one attached hydrogen (secondary N) is 1. The molecule has 1 aromatic rings. The number of halogens is 2. The van der Waals surface area contributed by atoms with Crippen molar-refractivity contribution in [2.75, 3.05) is 6.54 Å². The molecule has 0 heterocycles. The van der Waals surface area contributed by atoms with E-state index in [1.54, 1.807) is 24.3 Å². The number of nitrogens with two attached hydrogens (primary N) is 1. The monoisotopic (exact) mass is 290 g/mol. The van der Waals surface area contributed by atoms with Gasteiger partial charge in [0, 0.05) is 12.1 Å². The highest BCUT2D eigenvalue weighted by Crippen LogP contribution is 2.15. The molecule has 0 atom stereocenters. The molecule has 0 aliphatic rings. The molecule has 0 unspecified atom stereocenters. The third-order valence-electron chi connectivity index (χ3n) is 3.13. The van der Waals surface area contributed by atoms with Crippen molar-refractivity contribution in [2.24, 2.45) is 5.73 Å². The van der Waals surface area contributed by atoms with Crippen LogP contribution in [0.25, 0.3) is 0 Å². The zero-order chi connectivity index (χ0) is 12.9. The molecular formula is C13H20Cl2N2O. The lowest BCUT2D eigenvalue weighted by atomic mass is 9.94. The Labute approximate surface area is 119 Å². The van der Waals surface area contributed by atoms with E-state index in [1.165, 1.54) is 0 Å². The van der Waals surface area contributed by atoms with Gasteiger partial charge in [-0.25, -0.2) is 0 Å². The fourth-order valence-corrected chi connectivity index (χ4v) is 1.72. The number of hydrogen-bond donors (Lipinski definition) is 2. The Kier molecular flexibility index (Phi) is 7.29. The summed E-state index contributed by atoms with van der Waals surface area (Å²) in [5, 5.41) is 3.29. The number of hydrogen-bond acceptors (Lipinski definition) is 2. The molecule has 0 aliphatic carbocycles. The van der Waals surface area contributed by atoms with Gasteiger partial charge in [-0.15, -0.1) is 12.4 Å². The van der Waals surface area contributed by atoms with E-state index in [1.807, 2.05) is 13.8 Å². The van der Waals surface area contributed by atoms with Gasteiger partial charge in [0.1, 0.15) is 0 Å². The number of benzene rings is 1. The fourth-order valence-electron chi connectivity index (χ4n) is 1.50. The molecule has 1 rings (SSSR count). The lowest BCUT2D eigenvalue weighted by Crippen LogP contribution is -2.49. The van der Waals surface area contributed by atoms with Crippen LogP contribution in [0, 0.1) is 0 Å². The van der Waals surface area contributed by atoms with E-state index in [4.69, 9.17) is 17.3 Å². The molecule has 0 saturated heterocycles. The second-order valence-electron chi connectivity index (χ2n) is 4.23. The van der Waals surface area contributed by atoms with Gasteiger partial charge >= 0.3 is 0 Å². The van der Waals surface area contributed by atoms with Crippen molar-refractivity contribution < 1.29 is 4.79 Å². The molecule has 0 aliphatic heterocycles. The van der Waals surface area contributed by atoms with E-state index >= 15 is 0 Å². The highest BCUT2D eigenvalue weighted by atomic mass is 35.5. The van der Waals surface area contributed by atoms with Gasteiger partial charge in [0.05, 0.1) is 10.6 Å². The van der Waals surface area contributed by atoms with Crippen LogP contribution in [0.3, 0.4) is 0 Å². The smallest absolute Gasteiger partial charge is 0.252 e. The van der Waals surface area contributed by atoms with Crippen LogP contribution in [-0.2, 0) is 0 Å². The van der Waals surface area contributed by atoms with Crippen molar-refractivity contribution >= 4 is 29.9 Å². The van der Waals surface area contributed by atoms with E-state index in [0.29, 0.717) is 17.1 Å². The van der Waals surface area contributed by atoms with E-state index in [2.05, 4.69) is 5.32 Å². The van der Waals surface area contributed by atoms with Crippen LogP contribution in [0.1, 0.15) is 37.0 Å². The molecule has 0 fully saturated rings. The number of carbonyl (C=O) groups excluding carboxylic acids is 1. The van der Waals surface area contributed by atoms with Crippen LogP contribution in [0.2, 0.25) is 5.02 Å². The first-order chi connectivity index (χ1) is 8.02. The number of rotatable bonds is 5. The first-order valence-electron chi connectivity index (χ1n) is 5.84. The van der Waals surface area contributed by atoms with Crippen molar-refractivity contribution in [3.63, 3.8) is 0 Å². The summed E-state index contributed by atoms with van der Waals surface area (Å²) < 4.78 is 0. The molecule has 0 saturated carbocycles. The first-order valence-corrected chi connectivity index (χ1v) is 6.22. The zero-order valence-corrected chi connectivity index (χ0v) is 12.3. The van der Waals surface area contributed by atoms with E-state index in [9.17, 15) is 4.79 Å². The molecule has 102 valence electrons. The van der Waals surface area contributed by atoms with Crippen molar-refractivity contribution in [2.45, 2.75) is 32.2 Å². The van der Waals surface area contributed by atoms with Crippen LogP contribution in [0.15, 0.2) is 24.3 Å². The summed E-state index contributed by atoms with van der Waals surface area (Å²) in [6.45, 7) is 4.50. The van der Waals surface area contributed by atoms with Gasteiger partial charge in [0.25, 0.3) is 5.91 Å². The summed E-state index contributed by atoms with van der Waals surface area (Å²) in [6, 6.07) is 6.99. The Balaban J connectivity index is 0.00000289. The Bertz CT molecular complexity index is 392. The molecule has 5 heteroatoms. The Morgan fingerprint density at radius 3 is 2.39 bits per heavy atom. The van der Waals surface area contributed by atoms with Crippen LogP contribution >= 0.6 is 24.0 Å². The van der Waals surface area contributed by atoms with Gasteiger partial charge in [0.15, 0.2) is 0 Å². The Hall–Kier alpha value is -0.770. The van der Waals surface area contributed by atoms with E-state index in [-0.39, 0.29) is 23.9 Å². The maximum absolute atomic E-state index is 11.9. The second kappa shape index (κ2) is 7.62. The summed E-state index contributed by atoms with van der Waals surface area (Å²) in [5.74, 6) is -0.174. The summed E-state index contributed by atoms with van der Waals surface area (Å²) in [4.78, 5) is 11.9. The lowest BCUT2D eigenvalue weighted by Gasteiger charge is -2.26. The minimum absolute atomic E-state index is 0. The van der Waals surface area contributed by atoms with Gasteiger partial charge in [0.2, 0.25) is 0 Å². The molecule has 3 N–H and O–H groups in total. The van der Waals surface area contributed by atoms with Crippen molar-refractivity contribution in [3.8, 4) is 0 Å². The molecule has 1 amide bonds. The lowest BCUT2D eigenvalue weighted by molar-refractivity contribution is 0.0942. The van der Waals surface area contributed by atoms with Gasteiger partial charge in [-0.2, -0.15) is 0 Å². The van der Waals surface area contributed by atoms with Crippen molar-refractivity contribution in [1.29, 1.82) is 0 Å². The molecule has 1 aromatic carbocycles. The summed E-state index contributed by atoms with van der Waals surface area (Å²) in [6.07, 6.45) is 1.65. The maximum Gasteiger partial charge on any atom is 0.252 e. The molecule has 18 heavy (non-hydrogen) atoms. The highest BCUT2D eigenvalue weighted by molar-refractivity contribution is 6.33. The minimum Gasteiger partial charge on any atom is -0.350 e. The SMILES string of the molecule is CCC(N)(CC)CNC(=O)c1ccccc1Cl.Cl.